The van der Waals surface area contributed by atoms with E-state index < -0.39 is 5.54 Å². The summed E-state index contributed by atoms with van der Waals surface area (Å²) in [7, 11) is 0. The highest BCUT2D eigenvalue weighted by atomic mass is 16.5. The quantitative estimate of drug-likeness (QED) is 0.615. The Kier molecular flexibility index (Phi) is 2.48. The summed E-state index contributed by atoms with van der Waals surface area (Å²) in [5, 5.41) is 9.00. The third-order valence-electron chi connectivity index (χ3n) is 3.22. The molecule has 2 saturated heterocycles. The monoisotopic (exact) mass is 196 g/mol. The van der Waals surface area contributed by atoms with Crippen molar-refractivity contribution in [1.29, 1.82) is 5.26 Å². The number of hydrogen-bond donors (Lipinski definition) is 1. The van der Waals surface area contributed by atoms with E-state index in [0.29, 0.717) is 19.4 Å². The first-order chi connectivity index (χ1) is 6.68. The lowest BCUT2D eigenvalue weighted by Gasteiger charge is -2.45. The number of nitrogens with zero attached hydrogens (tertiary/aromatic N) is 1. The van der Waals surface area contributed by atoms with Gasteiger partial charge in [0.25, 0.3) is 0 Å². The van der Waals surface area contributed by atoms with Crippen LogP contribution in [0.1, 0.15) is 25.7 Å². The van der Waals surface area contributed by atoms with Gasteiger partial charge in [-0.05, 0) is 12.8 Å². The van der Waals surface area contributed by atoms with E-state index in [0.717, 1.165) is 26.1 Å². The van der Waals surface area contributed by atoms with Gasteiger partial charge in [-0.2, -0.15) is 5.26 Å². The van der Waals surface area contributed by atoms with E-state index in [-0.39, 0.29) is 5.60 Å². The predicted octanol–water partition coefficient (Wildman–Crippen LogP) is 0.567. The van der Waals surface area contributed by atoms with Crippen molar-refractivity contribution in [3.05, 3.63) is 0 Å². The molecule has 2 fully saturated rings. The van der Waals surface area contributed by atoms with Crippen molar-refractivity contribution in [1.82, 2.24) is 0 Å². The lowest BCUT2D eigenvalue weighted by Crippen LogP contribution is -2.55. The van der Waals surface area contributed by atoms with Crippen LogP contribution in [0.15, 0.2) is 0 Å². The summed E-state index contributed by atoms with van der Waals surface area (Å²) >= 11 is 0. The second kappa shape index (κ2) is 3.50. The average Bonchev–Trinajstić information content (AvgIpc) is 2.19. The molecule has 78 valence electrons. The van der Waals surface area contributed by atoms with Crippen LogP contribution in [0.5, 0.6) is 0 Å². The zero-order valence-electron chi connectivity index (χ0n) is 8.29. The SMILES string of the molecule is N#CC1(N)CCOC2(CCOCC2)C1. The first-order valence-corrected chi connectivity index (χ1v) is 5.10. The largest absolute Gasteiger partial charge is 0.381 e. The Morgan fingerprint density at radius 2 is 1.86 bits per heavy atom. The highest BCUT2D eigenvalue weighted by Crippen LogP contribution is 2.37. The fraction of sp³-hybridized carbons (Fsp3) is 0.900. The molecule has 2 N–H and O–H groups in total. The summed E-state index contributed by atoms with van der Waals surface area (Å²) in [6, 6.07) is 2.21. The summed E-state index contributed by atoms with van der Waals surface area (Å²) < 4.78 is 11.1. The molecular weight excluding hydrogens is 180 g/mol. The van der Waals surface area contributed by atoms with Crippen molar-refractivity contribution < 1.29 is 9.47 Å². The topological polar surface area (TPSA) is 68.3 Å². The van der Waals surface area contributed by atoms with E-state index in [2.05, 4.69) is 6.07 Å². The number of ether oxygens (including phenoxy) is 2. The molecule has 2 rings (SSSR count). The Bertz CT molecular complexity index is 250. The molecule has 0 saturated carbocycles. The smallest absolute Gasteiger partial charge is 0.109 e. The van der Waals surface area contributed by atoms with Crippen molar-refractivity contribution in [2.45, 2.75) is 36.8 Å². The highest BCUT2D eigenvalue weighted by Gasteiger charge is 2.44. The standard InChI is InChI=1S/C10H16N2O2/c11-8-9(12)1-6-14-10(7-9)2-4-13-5-3-10/h1-7,12H2. The fourth-order valence-electron chi connectivity index (χ4n) is 2.32. The van der Waals surface area contributed by atoms with E-state index in [4.69, 9.17) is 20.5 Å². The Morgan fingerprint density at radius 3 is 2.50 bits per heavy atom. The minimum absolute atomic E-state index is 0.180. The molecule has 0 bridgehead atoms. The minimum Gasteiger partial charge on any atom is -0.381 e. The molecule has 0 aromatic heterocycles. The van der Waals surface area contributed by atoms with Crippen molar-refractivity contribution in [3.8, 4) is 6.07 Å². The van der Waals surface area contributed by atoms with Crippen molar-refractivity contribution in [2.24, 2.45) is 5.73 Å². The third kappa shape index (κ3) is 1.76. The van der Waals surface area contributed by atoms with Gasteiger partial charge in [0.1, 0.15) is 5.54 Å². The van der Waals surface area contributed by atoms with Crippen LogP contribution in [0.4, 0.5) is 0 Å². The summed E-state index contributed by atoms with van der Waals surface area (Å²) in [6.45, 7) is 2.05. The van der Waals surface area contributed by atoms with Crippen LogP contribution in [-0.2, 0) is 9.47 Å². The fourth-order valence-corrected chi connectivity index (χ4v) is 2.32. The highest BCUT2D eigenvalue weighted by molar-refractivity contribution is 5.11. The lowest BCUT2D eigenvalue weighted by atomic mass is 9.77. The zero-order valence-corrected chi connectivity index (χ0v) is 8.29. The number of nitrogens with two attached hydrogens (primary N) is 1. The van der Waals surface area contributed by atoms with E-state index in [9.17, 15) is 0 Å². The Balaban J connectivity index is 2.09. The van der Waals surface area contributed by atoms with Gasteiger partial charge in [-0.15, -0.1) is 0 Å². The molecule has 0 aromatic rings. The first-order valence-electron chi connectivity index (χ1n) is 5.10. The van der Waals surface area contributed by atoms with Crippen LogP contribution in [0.25, 0.3) is 0 Å². The summed E-state index contributed by atoms with van der Waals surface area (Å²) in [5.41, 5.74) is 5.12. The number of rotatable bonds is 0. The first kappa shape index (κ1) is 9.91. The second-order valence-corrected chi connectivity index (χ2v) is 4.34. The minimum atomic E-state index is -0.685. The van der Waals surface area contributed by atoms with Gasteiger partial charge in [0.05, 0.1) is 18.3 Å². The Hall–Kier alpha value is -0.630. The van der Waals surface area contributed by atoms with Gasteiger partial charge in [-0.1, -0.05) is 0 Å². The van der Waals surface area contributed by atoms with Gasteiger partial charge in [-0.3, -0.25) is 0 Å². The number of nitriles is 1. The van der Waals surface area contributed by atoms with E-state index in [1.165, 1.54) is 0 Å². The van der Waals surface area contributed by atoms with Crippen molar-refractivity contribution in [3.63, 3.8) is 0 Å². The molecule has 2 aliphatic rings. The van der Waals surface area contributed by atoms with Gasteiger partial charge >= 0.3 is 0 Å². The summed E-state index contributed by atoms with van der Waals surface area (Å²) in [4.78, 5) is 0. The zero-order chi connectivity index (χ0) is 10.1. The maximum atomic E-state index is 9.00. The van der Waals surface area contributed by atoms with Crippen LogP contribution in [0, 0.1) is 11.3 Å². The maximum Gasteiger partial charge on any atom is 0.109 e. The molecule has 1 unspecified atom stereocenters. The van der Waals surface area contributed by atoms with Gasteiger partial charge in [0, 0.05) is 26.1 Å². The second-order valence-electron chi connectivity index (χ2n) is 4.34. The normalized spacial score (nSPS) is 36.6. The lowest BCUT2D eigenvalue weighted by molar-refractivity contribution is -0.144. The Labute approximate surface area is 84.0 Å². The third-order valence-corrected chi connectivity index (χ3v) is 3.22. The molecule has 1 atom stereocenters. The summed E-state index contributed by atoms with van der Waals surface area (Å²) in [5.74, 6) is 0. The van der Waals surface area contributed by atoms with Crippen molar-refractivity contribution >= 4 is 0 Å². The van der Waals surface area contributed by atoms with Gasteiger partial charge < -0.3 is 15.2 Å². The molecule has 4 nitrogen and oxygen atoms in total. The van der Waals surface area contributed by atoms with E-state index in [1.54, 1.807) is 0 Å². The molecule has 14 heavy (non-hydrogen) atoms. The average molecular weight is 196 g/mol. The predicted molar refractivity (Wildman–Crippen MR) is 50.5 cm³/mol. The van der Waals surface area contributed by atoms with Gasteiger partial charge in [0.15, 0.2) is 0 Å². The molecule has 4 heteroatoms. The molecule has 0 amide bonds. The van der Waals surface area contributed by atoms with Crippen LogP contribution < -0.4 is 5.73 Å². The Morgan fingerprint density at radius 1 is 1.14 bits per heavy atom. The molecule has 2 heterocycles. The van der Waals surface area contributed by atoms with Crippen LogP contribution >= 0.6 is 0 Å². The molecule has 0 radical (unpaired) electrons. The molecule has 2 aliphatic heterocycles. The number of hydrogen-bond acceptors (Lipinski definition) is 4. The molecule has 1 spiro atoms. The van der Waals surface area contributed by atoms with Gasteiger partial charge in [0.2, 0.25) is 0 Å². The van der Waals surface area contributed by atoms with E-state index >= 15 is 0 Å². The molecule has 0 aromatic carbocycles. The van der Waals surface area contributed by atoms with Crippen LogP contribution in [0.3, 0.4) is 0 Å². The van der Waals surface area contributed by atoms with Crippen LogP contribution in [-0.4, -0.2) is 31.0 Å². The molecule has 0 aliphatic carbocycles. The summed E-state index contributed by atoms with van der Waals surface area (Å²) in [6.07, 6.45) is 3.03. The van der Waals surface area contributed by atoms with Crippen LogP contribution in [0.2, 0.25) is 0 Å². The molecular formula is C10H16N2O2. The maximum absolute atomic E-state index is 9.00. The van der Waals surface area contributed by atoms with E-state index in [1.807, 2.05) is 0 Å². The van der Waals surface area contributed by atoms with Gasteiger partial charge in [-0.25, -0.2) is 0 Å². The van der Waals surface area contributed by atoms with Crippen molar-refractivity contribution in [2.75, 3.05) is 19.8 Å².